The zero-order chi connectivity index (χ0) is 15.1. The van der Waals surface area contributed by atoms with Crippen molar-refractivity contribution < 1.29 is 19.9 Å². The number of halogens is 1. The Bertz CT molecular complexity index is 464. The molecule has 0 unspecified atom stereocenters. The van der Waals surface area contributed by atoms with E-state index in [-0.39, 0.29) is 18.9 Å². The van der Waals surface area contributed by atoms with Gasteiger partial charge in [-0.1, -0.05) is 22.9 Å². The van der Waals surface area contributed by atoms with E-state index in [1.807, 2.05) is 0 Å². The third-order valence-corrected chi connectivity index (χ3v) is 3.39. The van der Waals surface area contributed by atoms with Gasteiger partial charge in [-0.05, 0) is 30.7 Å². The van der Waals surface area contributed by atoms with Crippen molar-refractivity contribution in [1.29, 1.82) is 0 Å². The van der Waals surface area contributed by atoms with Crippen LogP contribution in [0.5, 0.6) is 0 Å². The van der Waals surface area contributed by atoms with Gasteiger partial charge in [-0.25, -0.2) is 5.48 Å². The third kappa shape index (κ3) is 4.92. The highest BCUT2D eigenvalue weighted by atomic mass is 79.9. The number of rotatable bonds is 6. The van der Waals surface area contributed by atoms with Gasteiger partial charge in [0.2, 0.25) is 5.91 Å². The van der Waals surface area contributed by atoms with Crippen LogP contribution in [-0.2, 0) is 4.79 Å². The van der Waals surface area contributed by atoms with Crippen LogP contribution in [0, 0.1) is 5.92 Å². The van der Waals surface area contributed by atoms with E-state index in [1.165, 1.54) is 0 Å². The summed E-state index contributed by atoms with van der Waals surface area (Å²) in [5.41, 5.74) is 2.01. The smallest absolute Gasteiger partial charge is 0.251 e. The molecule has 0 bridgehead atoms. The normalized spacial score (nSPS) is 13.4. The molecule has 20 heavy (non-hydrogen) atoms. The van der Waals surface area contributed by atoms with Gasteiger partial charge in [0.25, 0.3) is 5.91 Å². The Morgan fingerprint density at radius 3 is 2.40 bits per heavy atom. The molecule has 7 heteroatoms. The van der Waals surface area contributed by atoms with Gasteiger partial charge in [0.1, 0.15) is 0 Å². The van der Waals surface area contributed by atoms with Crippen LogP contribution in [0.2, 0.25) is 0 Å². The van der Waals surface area contributed by atoms with Crippen molar-refractivity contribution in [3.8, 4) is 0 Å². The molecular weight excluding hydrogens is 328 g/mol. The van der Waals surface area contributed by atoms with Crippen LogP contribution >= 0.6 is 15.9 Å². The Hall–Kier alpha value is -1.44. The Balaban J connectivity index is 2.61. The standard InChI is InChI=1S/C13H17BrN2O4/c1-8(12(18)16-20)6-11(7-17)15-13(19)9-2-4-10(14)5-3-9/h2-5,8,11,17,20H,6-7H2,1H3,(H,15,19)(H,16,18)/t8-,11-/m0/s1. The monoisotopic (exact) mass is 344 g/mol. The summed E-state index contributed by atoms with van der Waals surface area (Å²) in [4.78, 5) is 23.2. The van der Waals surface area contributed by atoms with Crippen molar-refractivity contribution in [2.24, 2.45) is 5.92 Å². The molecule has 2 atom stereocenters. The number of benzene rings is 1. The van der Waals surface area contributed by atoms with Gasteiger partial charge >= 0.3 is 0 Å². The predicted molar refractivity (Wildman–Crippen MR) is 76.2 cm³/mol. The largest absolute Gasteiger partial charge is 0.394 e. The van der Waals surface area contributed by atoms with E-state index in [4.69, 9.17) is 5.21 Å². The average molecular weight is 345 g/mol. The first-order valence-corrected chi connectivity index (χ1v) is 6.88. The molecule has 1 aromatic rings. The minimum atomic E-state index is -0.557. The SMILES string of the molecule is C[C@@H](C[C@@H](CO)NC(=O)c1ccc(Br)cc1)C(=O)NO. The van der Waals surface area contributed by atoms with E-state index in [1.54, 1.807) is 36.7 Å². The molecule has 110 valence electrons. The molecule has 0 saturated carbocycles. The summed E-state index contributed by atoms with van der Waals surface area (Å²) in [6.07, 6.45) is 0.227. The molecule has 0 aliphatic heterocycles. The zero-order valence-electron chi connectivity index (χ0n) is 11.0. The summed E-state index contributed by atoms with van der Waals surface area (Å²) in [5, 5.41) is 20.4. The fourth-order valence-electron chi connectivity index (χ4n) is 1.69. The summed E-state index contributed by atoms with van der Waals surface area (Å²) >= 11 is 3.28. The van der Waals surface area contributed by atoms with E-state index >= 15 is 0 Å². The zero-order valence-corrected chi connectivity index (χ0v) is 12.6. The van der Waals surface area contributed by atoms with Gasteiger partial charge in [0.05, 0.1) is 12.6 Å². The minimum absolute atomic E-state index is 0.227. The molecule has 6 nitrogen and oxygen atoms in total. The number of hydrogen-bond donors (Lipinski definition) is 4. The number of amides is 2. The fraction of sp³-hybridized carbons (Fsp3) is 0.385. The Kier molecular flexibility index (Phi) is 6.63. The van der Waals surface area contributed by atoms with Gasteiger partial charge in [0, 0.05) is 16.0 Å². The van der Waals surface area contributed by atoms with E-state index in [9.17, 15) is 14.7 Å². The molecule has 4 N–H and O–H groups in total. The van der Waals surface area contributed by atoms with Gasteiger partial charge < -0.3 is 10.4 Å². The van der Waals surface area contributed by atoms with Crippen LogP contribution < -0.4 is 10.8 Å². The van der Waals surface area contributed by atoms with Crippen molar-refractivity contribution in [1.82, 2.24) is 10.8 Å². The Morgan fingerprint density at radius 2 is 1.90 bits per heavy atom. The van der Waals surface area contributed by atoms with Gasteiger partial charge in [0.15, 0.2) is 0 Å². The summed E-state index contributed by atoms with van der Waals surface area (Å²) in [7, 11) is 0. The number of nitrogens with one attached hydrogen (secondary N) is 2. The molecule has 0 saturated heterocycles. The maximum absolute atomic E-state index is 12.0. The van der Waals surface area contributed by atoms with Crippen LogP contribution in [-0.4, -0.2) is 34.8 Å². The minimum Gasteiger partial charge on any atom is -0.394 e. The molecule has 0 aliphatic rings. The van der Waals surface area contributed by atoms with Crippen LogP contribution in [0.15, 0.2) is 28.7 Å². The number of aliphatic hydroxyl groups excluding tert-OH is 1. The van der Waals surface area contributed by atoms with Crippen LogP contribution in [0.3, 0.4) is 0 Å². The summed E-state index contributed by atoms with van der Waals surface area (Å²) in [6.45, 7) is 1.31. The maximum atomic E-state index is 12.0. The maximum Gasteiger partial charge on any atom is 0.251 e. The molecule has 1 rings (SSSR count). The van der Waals surface area contributed by atoms with E-state index < -0.39 is 17.9 Å². The van der Waals surface area contributed by atoms with Crippen molar-refractivity contribution in [2.75, 3.05) is 6.61 Å². The number of aliphatic hydroxyl groups is 1. The summed E-state index contributed by atoms with van der Waals surface area (Å²) < 4.78 is 0.862. The van der Waals surface area contributed by atoms with Crippen LogP contribution in [0.4, 0.5) is 0 Å². The number of carbonyl (C=O) groups excluding carboxylic acids is 2. The van der Waals surface area contributed by atoms with Crippen molar-refractivity contribution >= 4 is 27.7 Å². The number of hydrogen-bond acceptors (Lipinski definition) is 4. The lowest BCUT2D eigenvalue weighted by Gasteiger charge is -2.19. The molecule has 1 aromatic carbocycles. The first-order chi connectivity index (χ1) is 9.47. The molecule has 0 fully saturated rings. The fourth-order valence-corrected chi connectivity index (χ4v) is 1.96. The lowest BCUT2D eigenvalue weighted by Crippen LogP contribution is -2.40. The van der Waals surface area contributed by atoms with E-state index in [0.29, 0.717) is 5.56 Å². The van der Waals surface area contributed by atoms with E-state index in [0.717, 1.165) is 4.47 Å². The topological polar surface area (TPSA) is 98.7 Å². The second kappa shape index (κ2) is 7.98. The van der Waals surface area contributed by atoms with Gasteiger partial charge in [-0.15, -0.1) is 0 Å². The van der Waals surface area contributed by atoms with E-state index in [2.05, 4.69) is 21.2 Å². The highest BCUT2D eigenvalue weighted by Crippen LogP contribution is 2.11. The Morgan fingerprint density at radius 1 is 1.30 bits per heavy atom. The molecule has 0 heterocycles. The first-order valence-electron chi connectivity index (χ1n) is 6.09. The molecule has 0 radical (unpaired) electrons. The van der Waals surface area contributed by atoms with Gasteiger partial charge in [-0.3, -0.25) is 14.8 Å². The van der Waals surface area contributed by atoms with Crippen molar-refractivity contribution in [3.63, 3.8) is 0 Å². The molecule has 0 spiro atoms. The number of hydroxylamine groups is 1. The lowest BCUT2D eigenvalue weighted by molar-refractivity contribution is -0.133. The van der Waals surface area contributed by atoms with Crippen LogP contribution in [0.1, 0.15) is 23.7 Å². The average Bonchev–Trinajstić information content (AvgIpc) is 2.45. The summed E-state index contributed by atoms with van der Waals surface area (Å²) in [5.74, 6) is -1.41. The summed E-state index contributed by atoms with van der Waals surface area (Å²) in [6, 6.07) is 6.23. The highest BCUT2D eigenvalue weighted by Gasteiger charge is 2.20. The second-order valence-corrected chi connectivity index (χ2v) is 5.39. The van der Waals surface area contributed by atoms with Gasteiger partial charge in [-0.2, -0.15) is 0 Å². The number of carbonyl (C=O) groups is 2. The molecule has 0 aromatic heterocycles. The third-order valence-electron chi connectivity index (χ3n) is 2.86. The predicted octanol–water partition coefficient (Wildman–Crippen LogP) is 1.07. The molecular formula is C13H17BrN2O4. The molecule has 0 aliphatic carbocycles. The molecule has 2 amide bonds. The first kappa shape index (κ1) is 16.6. The van der Waals surface area contributed by atoms with Crippen molar-refractivity contribution in [2.45, 2.75) is 19.4 Å². The quantitative estimate of drug-likeness (QED) is 0.458. The van der Waals surface area contributed by atoms with Crippen molar-refractivity contribution in [3.05, 3.63) is 34.3 Å². The van der Waals surface area contributed by atoms with Crippen LogP contribution in [0.25, 0.3) is 0 Å². The second-order valence-electron chi connectivity index (χ2n) is 4.47. The highest BCUT2D eigenvalue weighted by molar-refractivity contribution is 9.10. The Labute approximate surface area is 125 Å². The lowest BCUT2D eigenvalue weighted by atomic mass is 10.0.